The number of esters is 1. The number of ether oxygens (including phenoxy) is 3. The number of alkyl halides is 3. The number of hydrogen-bond acceptors (Lipinski definition) is 9. The van der Waals surface area contributed by atoms with Gasteiger partial charge in [0, 0.05) is 13.0 Å². The number of methoxy groups -OCH3 is 1. The van der Waals surface area contributed by atoms with Gasteiger partial charge in [-0.3, -0.25) is 14.9 Å². The molecule has 1 aromatic heterocycles. The van der Waals surface area contributed by atoms with E-state index in [9.17, 15) is 32.3 Å². The Labute approximate surface area is 212 Å². The lowest BCUT2D eigenvalue weighted by Gasteiger charge is -2.42. The van der Waals surface area contributed by atoms with Crippen LogP contribution in [0.4, 0.5) is 28.6 Å². The summed E-state index contributed by atoms with van der Waals surface area (Å²) in [5.41, 5.74) is -4.38. The van der Waals surface area contributed by atoms with Crippen LogP contribution < -0.4 is 5.32 Å². The number of carbonyl (C=O) groups excluding carboxylic acids is 4. The molecular formula is C23H31F3N4O7. The van der Waals surface area contributed by atoms with Gasteiger partial charge in [0.05, 0.1) is 18.7 Å². The quantitative estimate of drug-likeness (QED) is 0.348. The van der Waals surface area contributed by atoms with Crippen LogP contribution in [0.5, 0.6) is 0 Å². The highest BCUT2D eigenvalue weighted by Gasteiger charge is 2.61. The van der Waals surface area contributed by atoms with Crippen LogP contribution >= 0.6 is 0 Å². The minimum atomic E-state index is -4.84. The first-order valence-electron chi connectivity index (χ1n) is 11.3. The van der Waals surface area contributed by atoms with Gasteiger partial charge in [-0.25, -0.2) is 14.5 Å². The van der Waals surface area contributed by atoms with Crippen LogP contribution in [-0.4, -0.2) is 70.2 Å². The number of nitrogens with zero attached hydrogens (tertiary/aromatic N) is 3. The Bertz CT molecular complexity index is 1030. The zero-order valence-electron chi connectivity index (χ0n) is 21.7. The SMILES string of the molecule is COC(=O)C1(Cc2ccc(NC(=O)OC(C)(C)C)nn2)C[C@H](C(F)(F)F)CN(C(=O)OC(C)(C)C)C1=O. The summed E-state index contributed by atoms with van der Waals surface area (Å²) in [4.78, 5) is 51.2. The van der Waals surface area contributed by atoms with Crippen molar-refractivity contribution < 1.29 is 46.6 Å². The Morgan fingerprint density at radius 1 is 1.05 bits per heavy atom. The molecule has 1 saturated heterocycles. The van der Waals surface area contributed by atoms with Crippen molar-refractivity contribution in [2.45, 2.75) is 71.8 Å². The average molecular weight is 533 g/mol. The molecule has 3 amide bonds. The molecule has 2 heterocycles. The highest BCUT2D eigenvalue weighted by molar-refractivity contribution is 6.08. The normalized spacial score (nSPS) is 20.8. The minimum Gasteiger partial charge on any atom is -0.468 e. The Balaban J connectivity index is 2.42. The van der Waals surface area contributed by atoms with Gasteiger partial charge in [-0.05, 0) is 60.1 Å². The molecule has 0 aromatic carbocycles. The maximum Gasteiger partial charge on any atom is 0.417 e. The predicted octanol–water partition coefficient (Wildman–Crippen LogP) is 3.87. The summed E-state index contributed by atoms with van der Waals surface area (Å²) in [6.07, 6.45) is -8.59. The van der Waals surface area contributed by atoms with E-state index in [0.717, 1.165) is 7.11 Å². The lowest BCUT2D eigenvalue weighted by Crippen LogP contribution is -2.61. The molecule has 1 aliphatic rings. The molecule has 11 nitrogen and oxygen atoms in total. The van der Waals surface area contributed by atoms with E-state index in [-0.39, 0.29) is 16.4 Å². The van der Waals surface area contributed by atoms with Crippen molar-refractivity contribution in [3.63, 3.8) is 0 Å². The number of likely N-dealkylation sites (tertiary alicyclic amines) is 1. The molecule has 1 N–H and O–H groups in total. The van der Waals surface area contributed by atoms with Gasteiger partial charge in [0.15, 0.2) is 11.2 Å². The van der Waals surface area contributed by atoms with Crippen LogP contribution in [0.15, 0.2) is 12.1 Å². The lowest BCUT2D eigenvalue weighted by molar-refractivity contribution is -0.204. The van der Waals surface area contributed by atoms with E-state index >= 15 is 0 Å². The molecule has 0 spiro atoms. The Kier molecular flexibility index (Phi) is 8.45. The van der Waals surface area contributed by atoms with Crippen LogP contribution in [0.1, 0.15) is 53.7 Å². The van der Waals surface area contributed by atoms with Gasteiger partial charge in [0.1, 0.15) is 11.2 Å². The van der Waals surface area contributed by atoms with Gasteiger partial charge >= 0.3 is 24.3 Å². The molecule has 0 aliphatic carbocycles. The predicted molar refractivity (Wildman–Crippen MR) is 122 cm³/mol. The molecule has 0 radical (unpaired) electrons. The van der Waals surface area contributed by atoms with Crippen molar-refractivity contribution in [3.05, 3.63) is 17.8 Å². The van der Waals surface area contributed by atoms with E-state index in [1.54, 1.807) is 20.8 Å². The highest BCUT2D eigenvalue weighted by Crippen LogP contribution is 2.44. The van der Waals surface area contributed by atoms with Crippen molar-refractivity contribution in [1.29, 1.82) is 0 Å². The average Bonchev–Trinajstić information content (AvgIpc) is 2.72. The fourth-order valence-corrected chi connectivity index (χ4v) is 3.65. The summed E-state index contributed by atoms with van der Waals surface area (Å²) >= 11 is 0. The van der Waals surface area contributed by atoms with E-state index in [2.05, 4.69) is 15.5 Å². The molecule has 1 fully saturated rings. The molecule has 1 aliphatic heterocycles. The molecule has 14 heteroatoms. The number of piperidine rings is 1. The fraction of sp³-hybridized carbons (Fsp3) is 0.652. The van der Waals surface area contributed by atoms with Crippen molar-refractivity contribution in [3.8, 4) is 0 Å². The van der Waals surface area contributed by atoms with Crippen molar-refractivity contribution in [1.82, 2.24) is 15.1 Å². The summed E-state index contributed by atoms with van der Waals surface area (Å²) in [5, 5.41) is 9.95. The first-order chi connectivity index (χ1) is 16.8. The third-order valence-electron chi connectivity index (χ3n) is 5.14. The molecule has 37 heavy (non-hydrogen) atoms. The maximum absolute atomic E-state index is 13.9. The zero-order chi connectivity index (χ0) is 28.4. The number of halogens is 3. The number of aromatic nitrogens is 2. The Morgan fingerprint density at radius 3 is 2.11 bits per heavy atom. The number of imide groups is 1. The van der Waals surface area contributed by atoms with Crippen LogP contribution in [0, 0.1) is 11.3 Å². The second-order valence-corrected chi connectivity index (χ2v) is 10.6. The van der Waals surface area contributed by atoms with Gasteiger partial charge in [0.25, 0.3) is 0 Å². The number of carbonyl (C=O) groups is 4. The first kappa shape index (κ1) is 29.8. The molecule has 1 aromatic rings. The van der Waals surface area contributed by atoms with Crippen molar-refractivity contribution >= 4 is 29.9 Å². The number of anilines is 1. The number of amides is 3. The van der Waals surface area contributed by atoms with Crippen molar-refractivity contribution in [2.24, 2.45) is 11.3 Å². The van der Waals surface area contributed by atoms with Gasteiger partial charge in [-0.1, -0.05) is 0 Å². The van der Waals surface area contributed by atoms with Gasteiger partial charge in [0.2, 0.25) is 5.91 Å². The van der Waals surface area contributed by atoms with E-state index in [0.29, 0.717) is 0 Å². The summed E-state index contributed by atoms with van der Waals surface area (Å²) < 4.78 is 56.5. The number of hydrogen-bond donors (Lipinski definition) is 1. The van der Waals surface area contributed by atoms with E-state index in [1.807, 2.05) is 0 Å². The minimum absolute atomic E-state index is 0.0383. The van der Waals surface area contributed by atoms with E-state index in [4.69, 9.17) is 14.2 Å². The van der Waals surface area contributed by atoms with E-state index < -0.39 is 72.2 Å². The zero-order valence-corrected chi connectivity index (χ0v) is 21.7. The first-order valence-corrected chi connectivity index (χ1v) is 11.3. The standard InChI is InChI=1S/C23H31F3N4O7/c1-20(2,3)36-18(33)27-15-9-8-14(28-29-15)11-22(17(32)35-7)10-13(23(24,25)26)12-30(16(22)31)19(34)37-21(4,5)6/h8-9,13H,10-12H2,1-7H3,(H,27,29,33)/t13-,22?/m0/s1. The van der Waals surface area contributed by atoms with E-state index in [1.165, 1.54) is 32.9 Å². The number of nitrogens with one attached hydrogen (secondary N) is 1. The Hall–Kier alpha value is -3.45. The van der Waals surface area contributed by atoms with Gasteiger partial charge < -0.3 is 14.2 Å². The van der Waals surface area contributed by atoms with Gasteiger partial charge in [-0.15, -0.1) is 5.10 Å². The smallest absolute Gasteiger partial charge is 0.417 e. The summed E-state index contributed by atoms with van der Waals surface area (Å²) in [6, 6.07) is 2.55. The largest absolute Gasteiger partial charge is 0.468 e. The second kappa shape index (κ2) is 10.5. The summed E-state index contributed by atoms with van der Waals surface area (Å²) in [5.74, 6) is -4.73. The molecule has 206 valence electrons. The lowest BCUT2D eigenvalue weighted by atomic mass is 9.71. The van der Waals surface area contributed by atoms with Crippen LogP contribution in [0.2, 0.25) is 0 Å². The van der Waals surface area contributed by atoms with Crippen LogP contribution in [0.3, 0.4) is 0 Å². The number of rotatable bonds is 4. The topological polar surface area (TPSA) is 137 Å². The fourth-order valence-electron chi connectivity index (χ4n) is 3.65. The van der Waals surface area contributed by atoms with Crippen LogP contribution in [-0.2, 0) is 30.2 Å². The third kappa shape index (κ3) is 7.76. The molecule has 2 atom stereocenters. The summed E-state index contributed by atoms with van der Waals surface area (Å²) in [6.45, 7) is 8.40. The molecule has 1 unspecified atom stereocenters. The molecule has 0 saturated carbocycles. The monoisotopic (exact) mass is 532 g/mol. The second-order valence-electron chi connectivity index (χ2n) is 10.6. The highest BCUT2D eigenvalue weighted by atomic mass is 19.4. The summed E-state index contributed by atoms with van der Waals surface area (Å²) in [7, 11) is 0.923. The Morgan fingerprint density at radius 2 is 1.65 bits per heavy atom. The van der Waals surface area contributed by atoms with Crippen molar-refractivity contribution in [2.75, 3.05) is 19.0 Å². The third-order valence-corrected chi connectivity index (χ3v) is 5.14. The van der Waals surface area contributed by atoms with Crippen LogP contribution in [0.25, 0.3) is 0 Å². The maximum atomic E-state index is 13.9. The molecule has 2 rings (SSSR count). The molecular weight excluding hydrogens is 501 g/mol. The molecule has 0 bridgehead atoms. The van der Waals surface area contributed by atoms with Gasteiger partial charge in [-0.2, -0.15) is 18.3 Å².